The molecular weight excluding hydrogens is 288 g/mol. The van der Waals surface area contributed by atoms with Crippen molar-refractivity contribution in [3.63, 3.8) is 0 Å². The van der Waals surface area contributed by atoms with Crippen molar-refractivity contribution < 1.29 is 9.21 Å². The van der Waals surface area contributed by atoms with Crippen LogP contribution in [0, 0.1) is 13.8 Å². The topological polar surface area (TPSA) is 47.2 Å². The van der Waals surface area contributed by atoms with Gasteiger partial charge < -0.3 is 14.3 Å². The van der Waals surface area contributed by atoms with Gasteiger partial charge in [-0.2, -0.15) is 0 Å². The maximum atomic E-state index is 12.7. The van der Waals surface area contributed by atoms with E-state index in [2.05, 4.69) is 19.2 Å². The first-order valence-corrected chi connectivity index (χ1v) is 8.05. The summed E-state index contributed by atoms with van der Waals surface area (Å²) in [7, 11) is 0. The van der Waals surface area contributed by atoms with E-state index in [0.29, 0.717) is 5.69 Å². The standard InChI is InChI=1S/C19H22N2O2/c1-4-5-9-21-16-8-10-23-18(16)12-17(21)19(22)20-15-7-6-13(2)14(3)11-15/h6-8,10-12H,4-5,9H2,1-3H3,(H,20,22). The highest BCUT2D eigenvalue weighted by Gasteiger charge is 2.17. The van der Waals surface area contributed by atoms with Gasteiger partial charge in [-0.25, -0.2) is 0 Å². The van der Waals surface area contributed by atoms with Crippen LogP contribution in [0.1, 0.15) is 41.4 Å². The quantitative estimate of drug-likeness (QED) is 0.728. The van der Waals surface area contributed by atoms with Gasteiger partial charge in [0.05, 0.1) is 11.8 Å². The molecule has 0 fully saturated rings. The molecule has 0 saturated carbocycles. The molecule has 0 spiro atoms. The lowest BCUT2D eigenvalue weighted by Crippen LogP contribution is -2.17. The number of nitrogens with one attached hydrogen (secondary N) is 1. The number of anilines is 1. The average molecular weight is 310 g/mol. The number of aryl methyl sites for hydroxylation is 3. The molecule has 120 valence electrons. The van der Waals surface area contributed by atoms with E-state index >= 15 is 0 Å². The zero-order chi connectivity index (χ0) is 16.4. The zero-order valence-electron chi connectivity index (χ0n) is 13.8. The van der Waals surface area contributed by atoms with Crippen molar-refractivity contribution >= 4 is 22.7 Å². The van der Waals surface area contributed by atoms with Gasteiger partial charge in [0.15, 0.2) is 5.58 Å². The van der Waals surface area contributed by atoms with E-state index in [1.54, 1.807) is 6.26 Å². The summed E-state index contributed by atoms with van der Waals surface area (Å²) in [6, 6.07) is 9.69. The van der Waals surface area contributed by atoms with Crippen LogP contribution in [-0.2, 0) is 6.54 Å². The number of aromatic nitrogens is 1. The summed E-state index contributed by atoms with van der Waals surface area (Å²) >= 11 is 0. The molecule has 3 aromatic rings. The van der Waals surface area contributed by atoms with Crippen LogP contribution in [0.4, 0.5) is 5.69 Å². The van der Waals surface area contributed by atoms with E-state index in [4.69, 9.17) is 4.42 Å². The minimum atomic E-state index is -0.101. The van der Waals surface area contributed by atoms with Gasteiger partial charge in [0, 0.05) is 24.4 Å². The van der Waals surface area contributed by atoms with Gasteiger partial charge in [0.2, 0.25) is 0 Å². The normalized spacial score (nSPS) is 11.1. The number of unbranched alkanes of at least 4 members (excludes halogenated alkanes) is 1. The number of furan rings is 1. The van der Waals surface area contributed by atoms with Crippen molar-refractivity contribution in [3.05, 3.63) is 53.4 Å². The Balaban J connectivity index is 1.90. The number of amides is 1. The number of hydrogen-bond donors (Lipinski definition) is 1. The summed E-state index contributed by atoms with van der Waals surface area (Å²) in [5, 5.41) is 2.99. The molecule has 1 aromatic carbocycles. The molecule has 0 aliphatic rings. The maximum Gasteiger partial charge on any atom is 0.272 e. The fraction of sp³-hybridized carbons (Fsp3) is 0.316. The molecule has 0 aliphatic carbocycles. The van der Waals surface area contributed by atoms with E-state index in [9.17, 15) is 4.79 Å². The molecule has 3 rings (SSSR count). The molecule has 0 aliphatic heterocycles. The summed E-state index contributed by atoms with van der Waals surface area (Å²) in [6.07, 6.45) is 3.77. The first-order valence-electron chi connectivity index (χ1n) is 8.05. The van der Waals surface area contributed by atoms with E-state index in [0.717, 1.165) is 41.7 Å². The fourth-order valence-electron chi connectivity index (χ4n) is 2.74. The third-order valence-corrected chi connectivity index (χ3v) is 4.26. The second kappa shape index (κ2) is 6.32. The van der Waals surface area contributed by atoms with Gasteiger partial charge in [-0.05, 0) is 43.5 Å². The number of benzene rings is 1. The minimum Gasteiger partial charge on any atom is -0.463 e. The zero-order valence-corrected chi connectivity index (χ0v) is 13.8. The van der Waals surface area contributed by atoms with Crippen LogP contribution in [0.5, 0.6) is 0 Å². The van der Waals surface area contributed by atoms with Crippen LogP contribution >= 0.6 is 0 Å². The van der Waals surface area contributed by atoms with E-state index in [1.165, 1.54) is 5.56 Å². The molecule has 2 heterocycles. The Morgan fingerprint density at radius 1 is 1.17 bits per heavy atom. The van der Waals surface area contributed by atoms with Gasteiger partial charge >= 0.3 is 0 Å². The van der Waals surface area contributed by atoms with Gasteiger partial charge in [-0.3, -0.25) is 4.79 Å². The first kappa shape index (κ1) is 15.4. The molecule has 4 heteroatoms. The summed E-state index contributed by atoms with van der Waals surface area (Å²) in [5.74, 6) is -0.101. The SMILES string of the molecule is CCCCn1c(C(=O)Nc2ccc(C)c(C)c2)cc2occc21. The van der Waals surface area contributed by atoms with Crippen LogP contribution in [0.2, 0.25) is 0 Å². The van der Waals surface area contributed by atoms with Crippen LogP contribution in [0.25, 0.3) is 11.1 Å². The highest BCUT2D eigenvalue weighted by Crippen LogP contribution is 2.23. The van der Waals surface area contributed by atoms with Crippen LogP contribution in [-0.4, -0.2) is 10.5 Å². The molecule has 0 bridgehead atoms. The molecule has 4 nitrogen and oxygen atoms in total. The Labute approximate surface area is 136 Å². The van der Waals surface area contributed by atoms with Crippen molar-refractivity contribution in [1.82, 2.24) is 4.57 Å². The maximum absolute atomic E-state index is 12.7. The lowest BCUT2D eigenvalue weighted by molar-refractivity contribution is 0.101. The number of nitrogens with zero attached hydrogens (tertiary/aromatic N) is 1. The Kier molecular flexibility index (Phi) is 4.24. The lowest BCUT2D eigenvalue weighted by Gasteiger charge is -2.11. The van der Waals surface area contributed by atoms with E-state index in [1.807, 2.05) is 41.8 Å². The van der Waals surface area contributed by atoms with Crippen LogP contribution in [0.15, 0.2) is 41.0 Å². The van der Waals surface area contributed by atoms with Gasteiger partial charge in [0.25, 0.3) is 5.91 Å². The fourth-order valence-corrected chi connectivity index (χ4v) is 2.74. The molecule has 0 radical (unpaired) electrons. The number of fused-ring (bicyclic) bond motifs is 1. The lowest BCUT2D eigenvalue weighted by atomic mass is 10.1. The van der Waals surface area contributed by atoms with Crippen molar-refractivity contribution in [2.24, 2.45) is 0 Å². The molecule has 1 N–H and O–H groups in total. The molecule has 0 saturated heterocycles. The van der Waals surface area contributed by atoms with Gasteiger partial charge in [-0.15, -0.1) is 0 Å². The van der Waals surface area contributed by atoms with Crippen molar-refractivity contribution in [2.75, 3.05) is 5.32 Å². The van der Waals surface area contributed by atoms with Crippen molar-refractivity contribution in [1.29, 1.82) is 0 Å². The third-order valence-electron chi connectivity index (χ3n) is 4.26. The summed E-state index contributed by atoms with van der Waals surface area (Å²) in [5.41, 5.74) is 5.57. The molecule has 1 amide bonds. The van der Waals surface area contributed by atoms with Crippen LogP contribution in [0.3, 0.4) is 0 Å². The Morgan fingerprint density at radius 3 is 2.74 bits per heavy atom. The summed E-state index contributed by atoms with van der Waals surface area (Å²) in [4.78, 5) is 12.7. The second-order valence-electron chi connectivity index (χ2n) is 5.96. The summed E-state index contributed by atoms with van der Waals surface area (Å²) < 4.78 is 7.49. The average Bonchev–Trinajstić information content (AvgIpc) is 3.10. The van der Waals surface area contributed by atoms with Crippen LogP contribution < -0.4 is 5.32 Å². The molecular formula is C19H22N2O2. The molecule has 0 atom stereocenters. The number of carbonyl (C=O) groups is 1. The van der Waals surface area contributed by atoms with Crippen molar-refractivity contribution in [2.45, 2.75) is 40.2 Å². The number of rotatable bonds is 5. The van der Waals surface area contributed by atoms with Crippen molar-refractivity contribution in [3.8, 4) is 0 Å². The smallest absolute Gasteiger partial charge is 0.272 e. The van der Waals surface area contributed by atoms with E-state index in [-0.39, 0.29) is 5.91 Å². The Bertz CT molecular complexity index is 842. The third kappa shape index (κ3) is 3.02. The first-order chi connectivity index (χ1) is 11.1. The highest BCUT2D eigenvalue weighted by atomic mass is 16.3. The Morgan fingerprint density at radius 2 is 2.00 bits per heavy atom. The Hall–Kier alpha value is -2.49. The van der Waals surface area contributed by atoms with E-state index < -0.39 is 0 Å². The van der Waals surface area contributed by atoms with Gasteiger partial charge in [-0.1, -0.05) is 19.4 Å². The largest absolute Gasteiger partial charge is 0.463 e. The second-order valence-corrected chi connectivity index (χ2v) is 5.96. The number of carbonyl (C=O) groups excluding carboxylic acids is 1. The molecule has 0 unspecified atom stereocenters. The monoisotopic (exact) mass is 310 g/mol. The number of hydrogen-bond acceptors (Lipinski definition) is 2. The highest BCUT2D eigenvalue weighted by molar-refractivity contribution is 6.05. The summed E-state index contributed by atoms with van der Waals surface area (Å²) in [6.45, 7) is 7.06. The molecule has 2 aromatic heterocycles. The van der Waals surface area contributed by atoms with Gasteiger partial charge in [0.1, 0.15) is 5.69 Å². The minimum absolute atomic E-state index is 0.101. The molecule has 23 heavy (non-hydrogen) atoms. The predicted molar refractivity (Wildman–Crippen MR) is 93.0 cm³/mol. The predicted octanol–water partition coefficient (Wildman–Crippen LogP) is 4.90.